The Morgan fingerprint density at radius 1 is 1.18 bits per heavy atom. The number of carbonyl (C=O) groups excluding carboxylic acids is 2. The molecule has 0 saturated carbocycles. The molecule has 0 aliphatic rings. The van der Waals surface area contributed by atoms with Crippen LogP contribution in [0.3, 0.4) is 0 Å². The van der Waals surface area contributed by atoms with E-state index in [0.717, 1.165) is 13.4 Å². The second kappa shape index (κ2) is 6.20. The molecule has 0 saturated heterocycles. The summed E-state index contributed by atoms with van der Waals surface area (Å²) in [5, 5.41) is 0. The van der Waals surface area contributed by atoms with Gasteiger partial charge in [-0.1, -0.05) is 0 Å². The smallest absolute Gasteiger partial charge is 0.345 e. The first-order chi connectivity index (χ1) is 10.5. The van der Waals surface area contributed by atoms with Crippen molar-refractivity contribution >= 4 is 12.3 Å². The topological polar surface area (TPSA) is 78.4 Å². The number of halogens is 3. The number of methoxy groups -OCH3 is 1. The molecule has 2 rings (SSSR count). The Kier molecular flexibility index (Phi) is 4.35. The molecule has 0 N–H and O–H groups in total. The van der Waals surface area contributed by atoms with E-state index in [1.807, 2.05) is 0 Å². The van der Waals surface area contributed by atoms with Crippen LogP contribution in [0.25, 0.3) is 0 Å². The number of hydrogen-bond acceptors (Lipinski definition) is 6. The van der Waals surface area contributed by atoms with Crippen LogP contribution in [0.1, 0.15) is 20.8 Å². The molecule has 1 aromatic heterocycles. The molecule has 22 heavy (non-hydrogen) atoms. The molecule has 1 aromatic carbocycles. The molecule has 0 radical (unpaired) electrons. The van der Waals surface area contributed by atoms with E-state index in [1.54, 1.807) is 0 Å². The predicted octanol–water partition coefficient (Wildman–Crippen LogP) is 2.29. The van der Waals surface area contributed by atoms with E-state index in [4.69, 9.17) is 4.74 Å². The molecule has 0 amide bonds. The van der Waals surface area contributed by atoms with Gasteiger partial charge in [-0.2, -0.15) is 0 Å². The van der Waals surface area contributed by atoms with Gasteiger partial charge >= 0.3 is 5.97 Å². The molecular weight excluding hydrogens is 305 g/mol. The first-order valence-corrected chi connectivity index (χ1v) is 5.68. The third kappa shape index (κ3) is 2.87. The molecular formula is C13H7F3N2O4. The number of carbonyl (C=O) groups is 2. The number of aromatic nitrogens is 2. The summed E-state index contributed by atoms with van der Waals surface area (Å²) in [4.78, 5) is 29.6. The number of ether oxygens (including phenoxy) is 2. The number of esters is 1. The van der Waals surface area contributed by atoms with Gasteiger partial charge in [0.25, 0.3) is 0 Å². The SMILES string of the molecule is COC(=O)c1c(C=O)ncnc1Oc1c(F)cc(F)cc1F. The van der Waals surface area contributed by atoms with E-state index in [0.29, 0.717) is 12.1 Å². The zero-order valence-corrected chi connectivity index (χ0v) is 11.0. The van der Waals surface area contributed by atoms with Crippen LogP contribution in [0.5, 0.6) is 11.6 Å². The van der Waals surface area contributed by atoms with E-state index in [1.165, 1.54) is 0 Å². The van der Waals surface area contributed by atoms with Gasteiger partial charge < -0.3 is 9.47 Å². The molecule has 6 nitrogen and oxygen atoms in total. The van der Waals surface area contributed by atoms with Gasteiger partial charge in [-0.25, -0.2) is 27.9 Å². The van der Waals surface area contributed by atoms with Crippen molar-refractivity contribution in [1.82, 2.24) is 9.97 Å². The summed E-state index contributed by atoms with van der Waals surface area (Å²) < 4.78 is 49.3. The van der Waals surface area contributed by atoms with Crippen LogP contribution >= 0.6 is 0 Å². The number of hydrogen-bond donors (Lipinski definition) is 0. The summed E-state index contributed by atoms with van der Waals surface area (Å²) in [5.41, 5.74) is -0.900. The molecule has 0 aliphatic carbocycles. The highest BCUT2D eigenvalue weighted by atomic mass is 19.1. The maximum Gasteiger partial charge on any atom is 0.345 e. The van der Waals surface area contributed by atoms with Crippen molar-refractivity contribution in [3.63, 3.8) is 0 Å². The molecule has 0 fully saturated rings. The van der Waals surface area contributed by atoms with Gasteiger partial charge in [-0.3, -0.25) is 4.79 Å². The lowest BCUT2D eigenvalue weighted by atomic mass is 10.2. The summed E-state index contributed by atoms with van der Waals surface area (Å²) in [6.45, 7) is 0. The Hall–Kier alpha value is -2.97. The average molecular weight is 312 g/mol. The zero-order chi connectivity index (χ0) is 16.3. The lowest BCUT2D eigenvalue weighted by Crippen LogP contribution is -2.11. The molecule has 9 heteroatoms. The second-order valence-corrected chi connectivity index (χ2v) is 3.85. The highest BCUT2D eigenvalue weighted by molar-refractivity contribution is 5.99. The van der Waals surface area contributed by atoms with Crippen LogP contribution in [0.4, 0.5) is 13.2 Å². The van der Waals surface area contributed by atoms with Crippen LogP contribution in [0.2, 0.25) is 0 Å². The second-order valence-electron chi connectivity index (χ2n) is 3.85. The Morgan fingerprint density at radius 3 is 2.36 bits per heavy atom. The molecule has 0 bridgehead atoms. The molecule has 1 heterocycles. The fraction of sp³-hybridized carbons (Fsp3) is 0.0769. The van der Waals surface area contributed by atoms with E-state index in [9.17, 15) is 22.8 Å². The number of benzene rings is 1. The normalized spacial score (nSPS) is 10.2. The van der Waals surface area contributed by atoms with Crippen molar-refractivity contribution in [3.8, 4) is 11.6 Å². The van der Waals surface area contributed by atoms with Crippen LogP contribution in [0.15, 0.2) is 18.5 Å². The standard InChI is InChI=1S/C13H7F3N2O4/c1-21-13(20)10-9(4-19)17-5-18-12(10)22-11-7(15)2-6(14)3-8(11)16/h2-5H,1H3. The maximum absolute atomic E-state index is 13.6. The van der Waals surface area contributed by atoms with Gasteiger partial charge in [-0.15, -0.1) is 0 Å². The Morgan fingerprint density at radius 2 is 1.82 bits per heavy atom. The van der Waals surface area contributed by atoms with Gasteiger partial charge in [0.15, 0.2) is 23.5 Å². The molecule has 0 unspecified atom stereocenters. The maximum atomic E-state index is 13.6. The zero-order valence-electron chi connectivity index (χ0n) is 11.0. The van der Waals surface area contributed by atoms with Crippen molar-refractivity contribution in [2.45, 2.75) is 0 Å². The Bertz CT molecular complexity index is 729. The summed E-state index contributed by atoms with van der Waals surface area (Å²) in [6.07, 6.45) is 1.07. The van der Waals surface area contributed by atoms with E-state index >= 15 is 0 Å². The quantitative estimate of drug-likeness (QED) is 0.636. The third-order valence-electron chi connectivity index (χ3n) is 2.50. The van der Waals surface area contributed by atoms with Crippen LogP contribution < -0.4 is 4.74 Å². The number of nitrogens with zero attached hydrogens (tertiary/aromatic N) is 2. The average Bonchev–Trinajstić information content (AvgIpc) is 2.49. The van der Waals surface area contributed by atoms with Crippen LogP contribution in [-0.2, 0) is 4.74 Å². The fourth-order valence-electron chi connectivity index (χ4n) is 1.57. The van der Waals surface area contributed by atoms with Gasteiger partial charge in [0, 0.05) is 12.1 Å². The Balaban J connectivity index is 2.55. The molecule has 114 valence electrons. The first kappa shape index (κ1) is 15.4. The van der Waals surface area contributed by atoms with Crippen molar-refractivity contribution in [2.75, 3.05) is 7.11 Å². The van der Waals surface area contributed by atoms with E-state index in [2.05, 4.69) is 14.7 Å². The lowest BCUT2D eigenvalue weighted by Gasteiger charge is -2.10. The van der Waals surface area contributed by atoms with Crippen LogP contribution in [0, 0.1) is 17.5 Å². The van der Waals surface area contributed by atoms with Crippen molar-refractivity contribution < 1.29 is 32.2 Å². The summed E-state index contributed by atoms with van der Waals surface area (Å²) in [6, 6.07) is 0.774. The highest BCUT2D eigenvalue weighted by Crippen LogP contribution is 2.29. The number of aldehydes is 1. The monoisotopic (exact) mass is 312 g/mol. The van der Waals surface area contributed by atoms with Crippen LogP contribution in [-0.4, -0.2) is 29.3 Å². The minimum atomic E-state index is -1.35. The molecule has 0 atom stereocenters. The van der Waals surface area contributed by atoms with Gasteiger partial charge in [-0.05, 0) is 0 Å². The van der Waals surface area contributed by atoms with E-state index in [-0.39, 0.29) is 12.0 Å². The summed E-state index contributed by atoms with van der Waals surface area (Å²) in [7, 11) is 1.02. The van der Waals surface area contributed by atoms with Gasteiger partial charge in [0.2, 0.25) is 11.6 Å². The highest BCUT2D eigenvalue weighted by Gasteiger charge is 2.24. The van der Waals surface area contributed by atoms with Gasteiger partial charge in [0.05, 0.1) is 7.11 Å². The van der Waals surface area contributed by atoms with Gasteiger partial charge in [0.1, 0.15) is 17.8 Å². The first-order valence-electron chi connectivity index (χ1n) is 5.68. The van der Waals surface area contributed by atoms with E-state index < -0.39 is 40.6 Å². The summed E-state index contributed by atoms with van der Waals surface area (Å²) in [5.74, 6) is -6.47. The number of rotatable bonds is 4. The minimum absolute atomic E-state index is 0.220. The fourth-order valence-corrected chi connectivity index (χ4v) is 1.57. The van der Waals surface area contributed by atoms with Crippen molar-refractivity contribution in [1.29, 1.82) is 0 Å². The molecule has 0 spiro atoms. The predicted molar refractivity (Wildman–Crippen MR) is 65.1 cm³/mol. The molecule has 2 aromatic rings. The Labute approximate surface area is 121 Å². The largest absolute Gasteiger partial charge is 0.465 e. The molecule has 0 aliphatic heterocycles. The van der Waals surface area contributed by atoms with Crippen molar-refractivity contribution in [3.05, 3.63) is 47.2 Å². The minimum Gasteiger partial charge on any atom is -0.465 e. The third-order valence-corrected chi connectivity index (χ3v) is 2.50. The van der Waals surface area contributed by atoms with Crippen molar-refractivity contribution in [2.24, 2.45) is 0 Å². The summed E-state index contributed by atoms with van der Waals surface area (Å²) >= 11 is 0. The lowest BCUT2D eigenvalue weighted by molar-refractivity contribution is 0.0593.